The van der Waals surface area contributed by atoms with Crippen molar-refractivity contribution in [2.24, 2.45) is 50.2 Å². The van der Waals surface area contributed by atoms with E-state index >= 15 is 0 Å². The van der Waals surface area contributed by atoms with Crippen molar-refractivity contribution < 1.29 is 14.4 Å². The maximum atomic E-state index is 14.6. The lowest BCUT2D eigenvalue weighted by Gasteiger charge is -2.69. The van der Waals surface area contributed by atoms with Crippen molar-refractivity contribution in [1.82, 2.24) is 9.55 Å². The zero-order valence-electron chi connectivity index (χ0n) is 26.1. The molecule has 218 valence electrons. The largest absolute Gasteiger partial charge is 0.307 e. The number of Topliss-reactive ketones (excluding diaryl/α,β-unsaturated/α-hetero) is 1. The van der Waals surface area contributed by atoms with E-state index in [-0.39, 0.29) is 57.2 Å². The molecule has 1 heterocycles. The van der Waals surface area contributed by atoms with Crippen LogP contribution in [-0.2, 0) is 9.59 Å². The van der Waals surface area contributed by atoms with Crippen molar-refractivity contribution in [3.05, 3.63) is 53.1 Å². The van der Waals surface area contributed by atoms with Gasteiger partial charge < -0.3 is 4.79 Å². The summed E-state index contributed by atoms with van der Waals surface area (Å²) >= 11 is 0. The Morgan fingerprint density at radius 2 is 1.71 bits per heavy atom. The monoisotopic (exact) mass is 555 g/mol. The van der Waals surface area contributed by atoms with Gasteiger partial charge in [0.15, 0.2) is 11.6 Å². The SMILES string of the molecule is [C-]#[N+]C1=C[C@]2(C)C3=CC(=O)C4C5CC(C)(C)CC[C@]5(C(=O)n5cnc(C)c5)CC[C@@]4(C)[C@]3(C)CC[C@H]2C(C)(C)C1=O. The lowest BCUT2D eigenvalue weighted by Crippen LogP contribution is -2.66. The first-order valence-electron chi connectivity index (χ1n) is 15.4. The van der Waals surface area contributed by atoms with Crippen LogP contribution in [0, 0.1) is 63.7 Å². The average molecular weight is 556 g/mol. The van der Waals surface area contributed by atoms with Crippen LogP contribution in [0.25, 0.3) is 4.85 Å². The van der Waals surface area contributed by atoms with Gasteiger partial charge in [-0.05, 0) is 86.0 Å². The van der Waals surface area contributed by atoms with Crippen LogP contribution in [0.5, 0.6) is 0 Å². The fourth-order valence-corrected chi connectivity index (χ4v) is 10.8. The molecule has 41 heavy (non-hydrogen) atoms. The third kappa shape index (κ3) is 3.47. The molecular formula is C35H45N3O3. The smallest absolute Gasteiger partial charge is 0.238 e. The predicted molar refractivity (Wildman–Crippen MR) is 157 cm³/mol. The maximum Gasteiger partial charge on any atom is 0.238 e. The minimum atomic E-state index is -0.670. The number of aromatic nitrogens is 2. The molecule has 0 aromatic carbocycles. The van der Waals surface area contributed by atoms with Crippen molar-refractivity contribution >= 4 is 17.5 Å². The van der Waals surface area contributed by atoms with Gasteiger partial charge >= 0.3 is 0 Å². The summed E-state index contributed by atoms with van der Waals surface area (Å²) in [5.41, 5.74) is -0.221. The summed E-state index contributed by atoms with van der Waals surface area (Å²) in [6, 6.07) is 0. The van der Waals surface area contributed by atoms with Crippen LogP contribution < -0.4 is 0 Å². The number of imidazole rings is 1. The molecular weight excluding hydrogens is 510 g/mol. The Labute approximate surface area is 244 Å². The summed E-state index contributed by atoms with van der Waals surface area (Å²) in [6.07, 6.45) is 13.2. The van der Waals surface area contributed by atoms with Crippen molar-refractivity contribution in [1.29, 1.82) is 0 Å². The Bertz CT molecular complexity index is 1490. The number of hydrogen-bond acceptors (Lipinski definition) is 4. The molecule has 0 amide bonds. The molecule has 1 aromatic heterocycles. The standard InChI is InChI=1S/C35H45N3O3/c1-21-19-38(20-37-21)29(41)35-14-12-30(2,3)17-22(35)27-24(39)16-26-32(6)18-23(36-9)28(40)31(4,5)25(32)10-11-33(26,7)34(27,8)13-15-35/h16,18-20,22,25,27H,10-15,17H2,1-8H3/t22?,25-,27?,32-,33+,34+,35-/m0/s1. The highest BCUT2D eigenvalue weighted by molar-refractivity contribution is 6.03. The minimum Gasteiger partial charge on any atom is -0.307 e. The zero-order valence-corrected chi connectivity index (χ0v) is 26.1. The lowest BCUT2D eigenvalue weighted by molar-refractivity contribution is -0.164. The molecule has 5 aliphatic carbocycles. The minimum absolute atomic E-state index is 0.0302. The number of carbonyl (C=O) groups is 3. The van der Waals surface area contributed by atoms with E-state index < -0.39 is 16.2 Å². The molecule has 6 nitrogen and oxygen atoms in total. The number of carbonyl (C=O) groups excluding carboxylic acids is 3. The van der Waals surface area contributed by atoms with Crippen LogP contribution in [0.3, 0.4) is 0 Å². The van der Waals surface area contributed by atoms with Gasteiger partial charge in [0.25, 0.3) is 0 Å². The van der Waals surface area contributed by atoms with E-state index in [0.29, 0.717) is 0 Å². The molecule has 6 heteroatoms. The topological polar surface area (TPSA) is 73.4 Å². The zero-order chi connectivity index (χ0) is 30.0. The summed E-state index contributed by atoms with van der Waals surface area (Å²) in [5, 5.41) is 0. The number of allylic oxidation sites excluding steroid dienone is 4. The number of ketones is 2. The van der Waals surface area contributed by atoms with Gasteiger partial charge in [-0.3, -0.25) is 14.2 Å². The molecule has 7 atom stereocenters. The summed E-state index contributed by atoms with van der Waals surface area (Å²) < 4.78 is 1.68. The molecule has 0 radical (unpaired) electrons. The van der Waals surface area contributed by atoms with Gasteiger partial charge in [-0.15, -0.1) is 0 Å². The predicted octanol–water partition coefficient (Wildman–Crippen LogP) is 7.40. The summed E-state index contributed by atoms with van der Waals surface area (Å²) in [4.78, 5) is 50.3. The van der Waals surface area contributed by atoms with Gasteiger partial charge in [0.2, 0.25) is 11.6 Å². The summed E-state index contributed by atoms with van der Waals surface area (Å²) in [5.74, 6) is -0.113. The van der Waals surface area contributed by atoms with Crippen LogP contribution in [0.15, 0.2) is 35.9 Å². The third-order valence-corrected chi connectivity index (χ3v) is 13.2. The Hall–Kier alpha value is -2.81. The molecule has 1 aromatic rings. The van der Waals surface area contributed by atoms with E-state index in [1.165, 1.54) is 0 Å². The van der Waals surface area contributed by atoms with Gasteiger partial charge in [-0.25, -0.2) is 9.83 Å². The first-order valence-corrected chi connectivity index (χ1v) is 15.4. The summed E-state index contributed by atoms with van der Waals surface area (Å²) in [7, 11) is 0. The average Bonchev–Trinajstić information content (AvgIpc) is 3.33. The molecule has 0 aliphatic heterocycles. The highest BCUT2D eigenvalue weighted by atomic mass is 16.2. The molecule has 0 saturated heterocycles. The van der Waals surface area contributed by atoms with E-state index in [1.807, 2.05) is 39.1 Å². The van der Waals surface area contributed by atoms with Gasteiger partial charge in [0.1, 0.15) is 6.33 Å². The molecule has 6 rings (SSSR count). The number of rotatable bonds is 1. The Morgan fingerprint density at radius 1 is 1.02 bits per heavy atom. The Kier molecular flexibility index (Phi) is 5.80. The summed E-state index contributed by atoms with van der Waals surface area (Å²) in [6.45, 7) is 25.1. The number of hydrogen-bond donors (Lipinski definition) is 0. The normalized spacial score (nSPS) is 42.5. The van der Waals surface area contributed by atoms with E-state index in [4.69, 9.17) is 6.57 Å². The Morgan fingerprint density at radius 3 is 2.34 bits per heavy atom. The van der Waals surface area contributed by atoms with Crippen molar-refractivity contribution in [2.75, 3.05) is 0 Å². The van der Waals surface area contributed by atoms with Gasteiger partial charge in [-0.1, -0.05) is 60.1 Å². The highest BCUT2D eigenvalue weighted by Gasteiger charge is 2.70. The van der Waals surface area contributed by atoms with Gasteiger partial charge in [0.05, 0.1) is 17.7 Å². The second kappa shape index (κ2) is 8.39. The second-order valence-electron chi connectivity index (χ2n) is 16.1. The van der Waals surface area contributed by atoms with Gasteiger partial charge in [-0.2, -0.15) is 0 Å². The van der Waals surface area contributed by atoms with Crippen LogP contribution >= 0.6 is 0 Å². The number of aryl methyl sites for hydroxylation is 1. The quantitative estimate of drug-likeness (QED) is 0.338. The van der Waals surface area contributed by atoms with E-state index in [1.54, 1.807) is 10.9 Å². The third-order valence-electron chi connectivity index (χ3n) is 13.2. The van der Waals surface area contributed by atoms with E-state index in [2.05, 4.69) is 44.4 Å². The highest BCUT2D eigenvalue weighted by Crippen LogP contribution is 2.74. The molecule has 0 N–H and O–H groups in total. The van der Waals surface area contributed by atoms with Gasteiger partial charge in [0, 0.05) is 22.9 Å². The van der Waals surface area contributed by atoms with Crippen LogP contribution in [0.4, 0.5) is 0 Å². The first-order chi connectivity index (χ1) is 19.0. The first kappa shape index (κ1) is 28.3. The number of nitrogens with zero attached hydrogens (tertiary/aromatic N) is 3. The fraction of sp³-hybridized carbons (Fsp3) is 0.686. The molecule has 0 bridgehead atoms. The van der Waals surface area contributed by atoms with Crippen molar-refractivity contribution in [2.45, 2.75) is 100 Å². The van der Waals surface area contributed by atoms with E-state index in [0.717, 1.165) is 56.2 Å². The fourth-order valence-electron chi connectivity index (χ4n) is 10.8. The van der Waals surface area contributed by atoms with Crippen LogP contribution in [0.2, 0.25) is 0 Å². The molecule has 2 unspecified atom stereocenters. The molecule has 0 spiro atoms. The molecule has 3 saturated carbocycles. The second-order valence-corrected chi connectivity index (χ2v) is 16.1. The number of fused-ring (bicyclic) bond motifs is 7. The maximum absolute atomic E-state index is 14.6. The Balaban J connectivity index is 1.52. The van der Waals surface area contributed by atoms with Crippen LogP contribution in [-0.4, -0.2) is 27.0 Å². The molecule has 5 aliphatic rings. The van der Waals surface area contributed by atoms with Crippen LogP contribution in [0.1, 0.15) is 104 Å². The molecule has 3 fully saturated rings. The van der Waals surface area contributed by atoms with Crippen molar-refractivity contribution in [3.63, 3.8) is 0 Å². The van der Waals surface area contributed by atoms with E-state index in [9.17, 15) is 14.4 Å². The lowest BCUT2D eigenvalue weighted by atomic mass is 9.34. The van der Waals surface area contributed by atoms with Crippen molar-refractivity contribution in [3.8, 4) is 0 Å².